The Bertz CT molecular complexity index is 398. The zero-order valence-corrected chi connectivity index (χ0v) is 12.4. The summed E-state index contributed by atoms with van der Waals surface area (Å²) in [5, 5.41) is 3.40. The van der Waals surface area contributed by atoms with Crippen LogP contribution >= 0.6 is 28.1 Å². The molecule has 0 radical (unpaired) electrons. The Balaban J connectivity index is 2.69. The molecule has 0 saturated carbocycles. The molecule has 0 amide bonds. The number of nitrogens with one attached hydrogen (secondary N) is 1. The first-order valence-electron chi connectivity index (χ1n) is 5.39. The molecule has 0 aliphatic rings. The third kappa shape index (κ3) is 4.61. The van der Waals surface area contributed by atoms with Crippen LogP contribution < -0.4 is 11.1 Å². The van der Waals surface area contributed by atoms with Gasteiger partial charge in [0.25, 0.3) is 0 Å². The highest BCUT2D eigenvalue weighted by molar-refractivity contribution is 9.10. The number of benzene rings is 1. The summed E-state index contributed by atoms with van der Waals surface area (Å²) in [5.74, 6) is 0. The molecule has 0 saturated heterocycles. The maximum Gasteiger partial charge on any atom is 0.104 e. The topological polar surface area (TPSA) is 47.3 Å². The van der Waals surface area contributed by atoms with Crippen molar-refractivity contribution < 1.29 is 4.74 Å². The van der Waals surface area contributed by atoms with E-state index in [-0.39, 0.29) is 0 Å². The number of hydrogen-bond acceptors (Lipinski definition) is 3. The minimum atomic E-state index is 0.349. The van der Waals surface area contributed by atoms with E-state index in [1.165, 1.54) is 0 Å². The average Bonchev–Trinajstić information content (AvgIpc) is 2.28. The number of rotatable bonds is 6. The molecule has 1 unspecified atom stereocenters. The van der Waals surface area contributed by atoms with Gasteiger partial charge in [-0.25, -0.2) is 0 Å². The molecule has 0 spiro atoms. The second-order valence-corrected chi connectivity index (χ2v) is 5.18. The van der Waals surface area contributed by atoms with Crippen molar-refractivity contribution in [2.75, 3.05) is 19.0 Å². The van der Waals surface area contributed by atoms with Gasteiger partial charge >= 0.3 is 0 Å². The van der Waals surface area contributed by atoms with Crippen molar-refractivity contribution in [3.63, 3.8) is 0 Å². The predicted octanol–water partition coefficient (Wildman–Crippen LogP) is 2.92. The van der Waals surface area contributed by atoms with Crippen molar-refractivity contribution in [1.82, 2.24) is 0 Å². The van der Waals surface area contributed by atoms with Crippen LogP contribution in [0.15, 0.2) is 22.7 Å². The lowest BCUT2D eigenvalue weighted by Gasteiger charge is -2.16. The summed E-state index contributed by atoms with van der Waals surface area (Å²) in [4.78, 5) is 0.407. The Morgan fingerprint density at radius 3 is 2.82 bits per heavy atom. The van der Waals surface area contributed by atoms with E-state index < -0.39 is 0 Å². The van der Waals surface area contributed by atoms with Crippen molar-refractivity contribution >= 4 is 38.8 Å². The van der Waals surface area contributed by atoms with E-state index >= 15 is 0 Å². The van der Waals surface area contributed by atoms with Crippen LogP contribution in [0.5, 0.6) is 0 Å². The highest BCUT2D eigenvalue weighted by Crippen LogP contribution is 2.24. The Morgan fingerprint density at radius 1 is 1.59 bits per heavy atom. The zero-order chi connectivity index (χ0) is 12.8. The molecular formula is C12H17BrN2OS. The van der Waals surface area contributed by atoms with E-state index in [0.717, 1.165) is 28.8 Å². The fourth-order valence-corrected chi connectivity index (χ4v) is 2.04. The number of methoxy groups -OCH3 is 1. The smallest absolute Gasteiger partial charge is 0.104 e. The molecule has 0 bridgehead atoms. The summed E-state index contributed by atoms with van der Waals surface area (Å²) in [7, 11) is 1.71. The molecule has 0 aliphatic carbocycles. The van der Waals surface area contributed by atoms with Gasteiger partial charge in [0.15, 0.2) is 0 Å². The summed E-state index contributed by atoms with van der Waals surface area (Å²) in [5.41, 5.74) is 7.47. The quantitative estimate of drug-likeness (QED) is 0.792. The molecule has 94 valence electrons. The molecule has 3 nitrogen and oxygen atoms in total. The molecule has 0 aliphatic heterocycles. The van der Waals surface area contributed by atoms with Gasteiger partial charge in [0.05, 0.1) is 0 Å². The fourth-order valence-electron chi connectivity index (χ4n) is 1.42. The highest BCUT2D eigenvalue weighted by atomic mass is 79.9. The molecule has 5 heteroatoms. The van der Waals surface area contributed by atoms with Gasteiger partial charge in [0.2, 0.25) is 0 Å². The third-order valence-electron chi connectivity index (χ3n) is 2.41. The van der Waals surface area contributed by atoms with Crippen LogP contribution in [-0.4, -0.2) is 24.7 Å². The minimum absolute atomic E-state index is 0.349. The standard InChI is InChI=1S/C12H17BrN2OS/c1-8(5-6-16-2)15-11-4-3-9(12(14)17)7-10(11)13/h3-4,7-8,15H,5-6H2,1-2H3,(H2,14,17). The molecule has 1 aromatic carbocycles. The summed E-state index contributed by atoms with van der Waals surface area (Å²) in [6, 6.07) is 6.16. The molecule has 0 aromatic heterocycles. The number of halogens is 1. The fraction of sp³-hybridized carbons (Fsp3) is 0.417. The third-order valence-corrected chi connectivity index (χ3v) is 3.30. The minimum Gasteiger partial charge on any atom is -0.389 e. The lowest BCUT2D eigenvalue weighted by atomic mass is 10.2. The van der Waals surface area contributed by atoms with E-state index in [0.29, 0.717) is 11.0 Å². The summed E-state index contributed by atoms with van der Waals surface area (Å²) in [6.45, 7) is 2.86. The van der Waals surface area contributed by atoms with E-state index in [9.17, 15) is 0 Å². The summed E-state index contributed by atoms with van der Waals surface area (Å²) >= 11 is 8.43. The Hall–Kier alpha value is -0.650. The predicted molar refractivity (Wildman–Crippen MR) is 79.6 cm³/mol. The van der Waals surface area contributed by atoms with Crippen LogP contribution in [0.4, 0.5) is 5.69 Å². The van der Waals surface area contributed by atoms with Crippen LogP contribution in [0.25, 0.3) is 0 Å². The summed E-state index contributed by atoms with van der Waals surface area (Å²) in [6.07, 6.45) is 0.958. The first-order valence-corrected chi connectivity index (χ1v) is 6.59. The molecule has 3 N–H and O–H groups in total. The van der Waals surface area contributed by atoms with Gasteiger partial charge in [-0.2, -0.15) is 0 Å². The summed E-state index contributed by atoms with van der Waals surface area (Å²) < 4.78 is 6.01. The van der Waals surface area contributed by atoms with Crippen LogP contribution in [-0.2, 0) is 4.74 Å². The van der Waals surface area contributed by atoms with Crippen molar-refractivity contribution in [1.29, 1.82) is 0 Å². The largest absolute Gasteiger partial charge is 0.389 e. The number of thiocarbonyl (C=S) groups is 1. The van der Waals surface area contributed by atoms with Gasteiger partial charge in [0.1, 0.15) is 4.99 Å². The second kappa shape index (κ2) is 6.93. The van der Waals surface area contributed by atoms with E-state index in [1.807, 2.05) is 18.2 Å². The van der Waals surface area contributed by atoms with Gasteiger partial charge < -0.3 is 15.8 Å². The van der Waals surface area contributed by atoms with Crippen LogP contribution in [0.2, 0.25) is 0 Å². The van der Waals surface area contributed by atoms with Crippen molar-refractivity contribution in [3.05, 3.63) is 28.2 Å². The Labute approximate surface area is 116 Å². The van der Waals surface area contributed by atoms with Crippen molar-refractivity contribution in [2.24, 2.45) is 5.73 Å². The van der Waals surface area contributed by atoms with Crippen molar-refractivity contribution in [2.45, 2.75) is 19.4 Å². The SMILES string of the molecule is COCCC(C)Nc1ccc(C(N)=S)cc1Br. The first kappa shape index (κ1) is 14.4. The Kier molecular flexibility index (Phi) is 5.88. The molecule has 1 rings (SSSR count). The average molecular weight is 317 g/mol. The van der Waals surface area contributed by atoms with Gasteiger partial charge in [-0.15, -0.1) is 0 Å². The molecule has 0 heterocycles. The van der Waals surface area contributed by atoms with Crippen LogP contribution in [0.3, 0.4) is 0 Å². The van der Waals surface area contributed by atoms with E-state index in [2.05, 4.69) is 28.2 Å². The number of nitrogens with two attached hydrogens (primary N) is 1. The van der Waals surface area contributed by atoms with Crippen LogP contribution in [0.1, 0.15) is 18.9 Å². The van der Waals surface area contributed by atoms with Gasteiger partial charge in [-0.3, -0.25) is 0 Å². The number of hydrogen-bond donors (Lipinski definition) is 2. The zero-order valence-electron chi connectivity index (χ0n) is 10.00. The second-order valence-electron chi connectivity index (χ2n) is 3.89. The van der Waals surface area contributed by atoms with Crippen molar-refractivity contribution in [3.8, 4) is 0 Å². The maximum absolute atomic E-state index is 5.57. The van der Waals surface area contributed by atoms with Gasteiger partial charge in [0, 0.05) is 35.5 Å². The van der Waals surface area contributed by atoms with E-state index in [1.54, 1.807) is 7.11 Å². The molecule has 0 fully saturated rings. The van der Waals surface area contributed by atoms with Crippen LogP contribution in [0, 0.1) is 0 Å². The lowest BCUT2D eigenvalue weighted by Crippen LogP contribution is -2.17. The molecular weight excluding hydrogens is 300 g/mol. The highest BCUT2D eigenvalue weighted by Gasteiger charge is 2.06. The Morgan fingerprint density at radius 2 is 2.29 bits per heavy atom. The monoisotopic (exact) mass is 316 g/mol. The molecule has 1 aromatic rings. The normalized spacial score (nSPS) is 12.2. The van der Waals surface area contributed by atoms with E-state index in [4.69, 9.17) is 22.7 Å². The number of anilines is 1. The maximum atomic E-state index is 5.57. The molecule has 1 atom stereocenters. The van der Waals surface area contributed by atoms with Gasteiger partial charge in [-0.1, -0.05) is 12.2 Å². The molecule has 17 heavy (non-hydrogen) atoms. The number of ether oxygens (including phenoxy) is 1. The van der Waals surface area contributed by atoms with Gasteiger partial charge in [-0.05, 0) is 47.5 Å². The lowest BCUT2D eigenvalue weighted by molar-refractivity contribution is 0.191. The first-order chi connectivity index (χ1) is 8.04.